The van der Waals surface area contributed by atoms with Crippen molar-refractivity contribution in [1.29, 1.82) is 0 Å². The van der Waals surface area contributed by atoms with Gasteiger partial charge in [-0.25, -0.2) is 0 Å². The molecule has 1 aliphatic heterocycles. The van der Waals surface area contributed by atoms with Gasteiger partial charge in [0.05, 0.1) is 0 Å². The van der Waals surface area contributed by atoms with E-state index in [1.165, 1.54) is 77.4 Å². The zero-order valence-corrected chi connectivity index (χ0v) is 11.2. The van der Waals surface area contributed by atoms with E-state index in [0.717, 1.165) is 11.8 Å². The Morgan fingerprint density at radius 2 is 1.59 bits per heavy atom. The lowest BCUT2D eigenvalue weighted by Crippen LogP contribution is -2.55. The van der Waals surface area contributed by atoms with E-state index in [4.69, 9.17) is 5.73 Å². The first-order chi connectivity index (χ1) is 8.23. The minimum Gasteiger partial charge on any atom is -0.324 e. The number of hydrogen-bond donors (Lipinski definition) is 1. The molecule has 2 saturated carbocycles. The predicted octanol–water partition coefficient (Wildman–Crippen LogP) is 2.77. The molecule has 0 aromatic heterocycles. The van der Waals surface area contributed by atoms with Crippen LogP contribution in [0.3, 0.4) is 0 Å². The van der Waals surface area contributed by atoms with Crippen LogP contribution in [0, 0.1) is 11.8 Å². The highest BCUT2D eigenvalue weighted by Crippen LogP contribution is 2.36. The van der Waals surface area contributed by atoms with Gasteiger partial charge in [0.15, 0.2) is 0 Å². The average Bonchev–Trinajstić information content (AvgIpc) is 2.28. The van der Waals surface area contributed by atoms with Gasteiger partial charge in [0, 0.05) is 25.2 Å². The highest BCUT2D eigenvalue weighted by Gasteiger charge is 2.35. The summed E-state index contributed by atoms with van der Waals surface area (Å²) < 4.78 is 0. The first-order valence-corrected chi connectivity index (χ1v) is 7.75. The lowest BCUT2D eigenvalue weighted by Gasteiger charge is -2.45. The molecule has 0 aromatic rings. The Kier molecular flexibility index (Phi) is 3.45. The van der Waals surface area contributed by atoms with E-state index in [9.17, 15) is 0 Å². The number of hydrogen-bond acceptors (Lipinski definition) is 2. The van der Waals surface area contributed by atoms with E-state index in [2.05, 4.69) is 4.90 Å². The zero-order chi connectivity index (χ0) is 11.7. The Morgan fingerprint density at radius 1 is 0.941 bits per heavy atom. The SMILES string of the molecule is NC1(CN2CC3CCCC(C3)C2)CCCCC1. The van der Waals surface area contributed by atoms with E-state index in [1.807, 2.05) is 0 Å². The lowest BCUT2D eigenvalue weighted by molar-refractivity contribution is 0.0603. The minimum absolute atomic E-state index is 0.157. The summed E-state index contributed by atoms with van der Waals surface area (Å²) in [4.78, 5) is 2.71. The molecular formula is C15H28N2. The van der Waals surface area contributed by atoms with Crippen LogP contribution in [0.5, 0.6) is 0 Å². The molecule has 98 valence electrons. The fraction of sp³-hybridized carbons (Fsp3) is 1.00. The number of piperidine rings is 1. The van der Waals surface area contributed by atoms with Crippen molar-refractivity contribution < 1.29 is 0 Å². The Hall–Kier alpha value is -0.0800. The molecule has 0 amide bonds. The fourth-order valence-electron chi connectivity index (χ4n) is 4.53. The van der Waals surface area contributed by atoms with Crippen LogP contribution in [0.25, 0.3) is 0 Å². The van der Waals surface area contributed by atoms with E-state index in [-0.39, 0.29) is 5.54 Å². The van der Waals surface area contributed by atoms with Crippen LogP contribution in [0.4, 0.5) is 0 Å². The molecule has 3 aliphatic rings. The second-order valence-electron chi connectivity index (χ2n) is 7.02. The maximum absolute atomic E-state index is 6.60. The molecule has 3 fully saturated rings. The smallest absolute Gasteiger partial charge is 0.0283 e. The molecule has 2 heteroatoms. The van der Waals surface area contributed by atoms with E-state index in [0.29, 0.717) is 0 Å². The topological polar surface area (TPSA) is 29.3 Å². The monoisotopic (exact) mass is 236 g/mol. The van der Waals surface area contributed by atoms with Gasteiger partial charge in [0.2, 0.25) is 0 Å². The van der Waals surface area contributed by atoms with Crippen molar-refractivity contribution in [2.24, 2.45) is 17.6 Å². The summed E-state index contributed by atoms with van der Waals surface area (Å²) in [5.41, 5.74) is 6.76. The highest BCUT2D eigenvalue weighted by atomic mass is 15.2. The highest BCUT2D eigenvalue weighted by molar-refractivity contribution is 4.93. The number of nitrogens with zero attached hydrogens (tertiary/aromatic N) is 1. The van der Waals surface area contributed by atoms with E-state index >= 15 is 0 Å². The standard InChI is InChI=1S/C15H28N2/c16-15(7-2-1-3-8-15)12-17-10-13-5-4-6-14(9-13)11-17/h13-14H,1-12,16H2. The van der Waals surface area contributed by atoms with Crippen molar-refractivity contribution in [2.45, 2.75) is 63.3 Å². The van der Waals surface area contributed by atoms with Gasteiger partial charge in [-0.05, 0) is 43.9 Å². The Bertz CT molecular complexity index is 246. The Balaban J connectivity index is 1.57. The summed E-state index contributed by atoms with van der Waals surface area (Å²) in [6.45, 7) is 3.87. The number of rotatable bonds is 2. The molecule has 1 heterocycles. The normalized spacial score (nSPS) is 37.9. The van der Waals surface area contributed by atoms with Crippen LogP contribution < -0.4 is 5.73 Å². The summed E-state index contributed by atoms with van der Waals surface area (Å²) in [6, 6.07) is 0. The third-order valence-electron chi connectivity index (χ3n) is 5.31. The maximum Gasteiger partial charge on any atom is 0.0283 e. The van der Waals surface area contributed by atoms with Gasteiger partial charge in [-0.2, -0.15) is 0 Å². The molecular weight excluding hydrogens is 208 g/mol. The molecule has 17 heavy (non-hydrogen) atoms. The van der Waals surface area contributed by atoms with Gasteiger partial charge in [0.1, 0.15) is 0 Å². The molecule has 2 aliphatic carbocycles. The quantitative estimate of drug-likeness (QED) is 0.799. The summed E-state index contributed by atoms with van der Waals surface area (Å²) in [7, 11) is 0. The number of nitrogens with two attached hydrogens (primary N) is 1. The van der Waals surface area contributed by atoms with Crippen LogP contribution in [0.15, 0.2) is 0 Å². The van der Waals surface area contributed by atoms with Crippen molar-refractivity contribution in [1.82, 2.24) is 4.90 Å². The maximum atomic E-state index is 6.60. The molecule has 0 aromatic carbocycles. The van der Waals surface area contributed by atoms with Crippen molar-refractivity contribution in [3.05, 3.63) is 0 Å². The average molecular weight is 236 g/mol. The van der Waals surface area contributed by atoms with Crippen molar-refractivity contribution >= 4 is 0 Å². The van der Waals surface area contributed by atoms with E-state index < -0.39 is 0 Å². The largest absolute Gasteiger partial charge is 0.324 e. The van der Waals surface area contributed by atoms with Gasteiger partial charge >= 0.3 is 0 Å². The van der Waals surface area contributed by atoms with Crippen LogP contribution in [-0.2, 0) is 0 Å². The summed E-state index contributed by atoms with van der Waals surface area (Å²) in [6.07, 6.45) is 12.6. The van der Waals surface area contributed by atoms with Crippen LogP contribution >= 0.6 is 0 Å². The van der Waals surface area contributed by atoms with Gasteiger partial charge in [-0.1, -0.05) is 25.7 Å². The summed E-state index contributed by atoms with van der Waals surface area (Å²) in [5, 5.41) is 0. The van der Waals surface area contributed by atoms with Crippen LogP contribution in [0.2, 0.25) is 0 Å². The first kappa shape index (κ1) is 12.0. The van der Waals surface area contributed by atoms with Gasteiger partial charge < -0.3 is 10.6 Å². The molecule has 3 rings (SSSR count). The van der Waals surface area contributed by atoms with Crippen LogP contribution in [-0.4, -0.2) is 30.1 Å². The third-order valence-corrected chi connectivity index (χ3v) is 5.31. The third kappa shape index (κ3) is 2.85. The van der Waals surface area contributed by atoms with Crippen LogP contribution in [0.1, 0.15) is 57.8 Å². The second kappa shape index (κ2) is 4.89. The second-order valence-corrected chi connectivity index (χ2v) is 7.02. The van der Waals surface area contributed by atoms with Crippen molar-refractivity contribution in [3.63, 3.8) is 0 Å². The summed E-state index contributed by atoms with van der Waals surface area (Å²) in [5.74, 6) is 1.99. The Labute approximate surface area is 106 Å². The molecule has 2 unspecified atom stereocenters. The molecule has 2 bridgehead atoms. The Morgan fingerprint density at radius 3 is 2.24 bits per heavy atom. The number of likely N-dealkylation sites (tertiary alicyclic amines) is 1. The lowest BCUT2D eigenvalue weighted by atomic mass is 9.76. The molecule has 0 radical (unpaired) electrons. The molecule has 0 spiro atoms. The van der Waals surface area contributed by atoms with Gasteiger partial charge in [0.25, 0.3) is 0 Å². The van der Waals surface area contributed by atoms with Gasteiger partial charge in [-0.15, -0.1) is 0 Å². The van der Waals surface area contributed by atoms with Crippen molar-refractivity contribution in [3.8, 4) is 0 Å². The minimum atomic E-state index is 0.157. The summed E-state index contributed by atoms with van der Waals surface area (Å²) >= 11 is 0. The molecule has 1 saturated heterocycles. The van der Waals surface area contributed by atoms with Gasteiger partial charge in [-0.3, -0.25) is 0 Å². The first-order valence-electron chi connectivity index (χ1n) is 7.75. The van der Waals surface area contributed by atoms with E-state index in [1.54, 1.807) is 0 Å². The molecule has 2 nitrogen and oxygen atoms in total. The fourth-order valence-corrected chi connectivity index (χ4v) is 4.53. The predicted molar refractivity (Wildman–Crippen MR) is 71.9 cm³/mol. The molecule has 2 atom stereocenters. The number of fused-ring (bicyclic) bond motifs is 2. The van der Waals surface area contributed by atoms with Crippen molar-refractivity contribution in [2.75, 3.05) is 19.6 Å². The molecule has 2 N–H and O–H groups in total. The zero-order valence-electron chi connectivity index (χ0n) is 11.2.